The van der Waals surface area contributed by atoms with Crippen LogP contribution in [0, 0.1) is 19.8 Å². The number of amides is 1. The standard InChI is InChI=1S/C15H22N2O/c1-11-3-4-14(12(2)7-11)10-17-15(18)8-13-5-6-16-9-13/h3-4,7,13,16H,5-6,8-10H2,1-2H3,(H,17,18). The number of carbonyl (C=O) groups is 1. The lowest BCUT2D eigenvalue weighted by molar-refractivity contribution is -0.122. The van der Waals surface area contributed by atoms with Crippen molar-refractivity contribution in [2.45, 2.75) is 33.2 Å². The number of nitrogens with one attached hydrogen (secondary N) is 2. The minimum absolute atomic E-state index is 0.170. The SMILES string of the molecule is Cc1ccc(CNC(=O)CC2CCNC2)c(C)c1. The predicted octanol–water partition coefficient (Wildman–Crippen LogP) is 1.92. The van der Waals surface area contributed by atoms with Gasteiger partial charge in [0.15, 0.2) is 0 Å². The molecule has 0 aromatic heterocycles. The molecule has 2 rings (SSSR count). The zero-order valence-corrected chi connectivity index (χ0v) is 11.3. The molecule has 1 atom stereocenters. The maximum Gasteiger partial charge on any atom is 0.220 e. The summed E-state index contributed by atoms with van der Waals surface area (Å²) in [6.07, 6.45) is 1.77. The van der Waals surface area contributed by atoms with Gasteiger partial charge in [0.1, 0.15) is 0 Å². The average Bonchev–Trinajstić information content (AvgIpc) is 2.80. The van der Waals surface area contributed by atoms with Crippen molar-refractivity contribution in [3.63, 3.8) is 0 Å². The van der Waals surface area contributed by atoms with E-state index in [1.54, 1.807) is 0 Å². The Kier molecular flexibility index (Phi) is 4.37. The van der Waals surface area contributed by atoms with Crippen molar-refractivity contribution < 1.29 is 4.79 Å². The van der Waals surface area contributed by atoms with Crippen LogP contribution in [0.25, 0.3) is 0 Å². The van der Waals surface area contributed by atoms with Gasteiger partial charge in [-0.1, -0.05) is 23.8 Å². The molecule has 0 bridgehead atoms. The van der Waals surface area contributed by atoms with Gasteiger partial charge in [0, 0.05) is 13.0 Å². The zero-order valence-electron chi connectivity index (χ0n) is 11.3. The molecule has 1 aliphatic heterocycles. The highest BCUT2D eigenvalue weighted by atomic mass is 16.1. The quantitative estimate of drug-likeness (QED) is 0.852. The monoisotopic (exact) mass is 246 g/mol. The highest BCUT2D eigenvalue weighted by Gasteiger charge is 2.17. The molecule has 1 heterocycles. The van der Waals surface area contributed by atoms with E-state index in [2.05, 4.69) is 42.7 Å². The van der Waals surface area contributed by atoms with E-state index in [4.69, 9.17) is 0 Å². The molecule has 98 valence electrons. The first-order chi connectivity index (χ1) is 8.65. The second-order valence-corrected chi connectivity index (χ2v) is 5.27. The van der Waals surface area contributed by atoms with Crippen molar-refractivity contribution in [1.82, 2.24) is 10.6 Å². The fraction of sp³-hybridized carbons (Fsp3) is 0.533. The molecule has 0 spiro atoms. The Bertz CT molecular complexity index is 423. The minimum Gasteiger partial charge on any atom is -0.352 e. The first kappa shape index (κ1) is 13.1. The molecule has 1 amide bonds. The van der Waals surface area contributed by atoms with Crippen LogP contribution in [0.1, 0.15) is 29.5 Å². The van der Waals surface area contributed by atoms with Crippen LogP contribution < -0.4 is 10.6 Å². The third kappa shape index (κ3) is 3.57. The molecule has 1 aliphatic rings. The Labute approximate surface area is 109 Å². The summed E-state index contributed by atoms with van der Waals surface area (Å²) in [6, 6.07) is 6.35. The van der Waals surface area contributed by atoms with Gasteiger partial charge in [0.2, 0.25) is 5.91 Å². The van der Waals surface area contributed by atoms with Gasteiger partial charge in [-0.2, -0.15) is 0 Å². The Morgan fingerprint density at radius 1 is 1.44 bits per heavy atom. The lowest BCUT2D eigenvalue weighted by Crippen LogP contribution is -2.26. The van der Waals surface area contributed by atoms with Crippen molar-refractivity contribution in [2.24, 2.45) is 5.92 Å². The van der Waals surface area contributed by atoms with Crippen molar-refractivity contribution in [3.8, 4) is 0 Å². The Morgan fingerprint density at radius 2 is 2.28 bits per heavy atom. The van der Waals surface area contributed by atoms with Gasteiger partial charge >= 0.3 is 0 Å². The summed E-state index contributed by atoms with van der Waals surface area (Å²) in [5.74, 6) is 0.688. The summed E-state index contributed by atoms with van der Waals surface area (Å²) in [5, 5.41) is 6.31. The van der Waals surface area contributed by atoms with E-state index < -0.39 is 0 Å². The predicted molar refractivity (Wildman–Crippen MR) is 73.4 cm³/mol. The molecule has 3 heteroatoms. The molecule has 1 aromatic rings. The van der Waals surface area contributed by atoms with E-state index in [1.807, 2.05) is 0 Å². The van der Waals surface area contributed by atoms with Gasteiger partial charge < -0.3 is 10.6 Å². The fourth-order valence-corrected chi connectivity index (χ4v) is 2.46. The smallest absolute Gasteiger partial charge is 0.220 e. The van der Waals surface area contributed by atoms with E-state index in [-0.39, 0.29) is 5.91 Å². The van der Waals surface area contributed by atoms with Crippen LogP contribution in [0.5, 0.6) is 0 Å². The van der Waals surface area contributed by atoms with E-state index in [0.717, 1.165) is 19.5 Å². The summed E-state index contributed by atoms with van der Waals surface area (Å²) in [4.78, 5) is 11.8. The van der Waals surface area contributed by atoms with Gasteiger partial charge in [-0.3, -0.25) is 4.79 Å². The Balaban J connectivity index is 1.81. The molecule has 1 saturated heterocycles. The van der Waals surface area contributed by atoms with Crippen LogP contribution in [0.15, 0.2) is 18.2 Å². The zero-order chi connectivity index (χ0) is 13.0. The summed E-state index contributed by atoms with van der Waals surface area (Å²) in [5.41, 5.74) is 3.72. The van der Waals surface area contributed by atoms with Crippen LogP contribution in [-0.2, 0) is 11.3 Å². The van der Waals surface area contributed by atoms with Gasteiger partial charge in [-0.15, -0.1) is 0 Å². The number of hydrogen-bond acceptors (Lipinski definition) is 2. The number of rotatable bonds is 4. The van der Waals surface area contributed by atoms with E-state index in [9.17, 15) is 4.79 Å². The number of carbonyl (C=O) groups excluding carboxylic acids is 1. The molecule has 0 saturated carbocycles. The molecule has 0 radical (unpaired) electrons. The topological polar surface area (TPSA) is 41.1 Å². The van der Waals surface area contributed by atoms with Crippen molar-refractivity contribution >= 4 is 5.91 Å². The first-order valence-corrected chi connectivity index (χ1v) is 6.68. The van der Waals surface area contributed by atoms with E-state index >= 15 is 0 Å². The van der Waals surface area contributed by atoms with E-state index in [1.165, 1.54) is 16.7 Å². The van der Waals surface area contributed by atoms with Gasteiger partial charge in [-0.05, 0) is 50.4 Å². The van der Waals surface area contributed by atoms with Crippen LogP contribution in [0.4, 0.5) is 0 Å². The lowest BCUT2D eigenvalue weighted by atomic mass is 10.0. The first-order valence-electron chi connectivity index (χ1n) is 6.68. The number of benzene rings is 1. The van der Waals surface area contributed by atoms with Gasteiger partial charge in [0.25, 0.3) is 0 Å². The highest BCUT2D eigenvalue weighted by molar-refractivity contribution is 5.76. The number of hydrogen-bond donors (Lipinski definition) is 2. The van der Waals surface area contributed by atoms with Crippen molar-refractivity contribution in [2.75, 3.05) is 13.1 Å². The van der Waals surface area contributed by atoms with Crippen molar-refractivity contribution in [1.29, 1.82) is 0 Å². The second kappa shape index (κ2) is 6.01. The summed E-state index contributed by atoms with van der Waals surface area (Å²) in [7, 11) is 0. The van der Waals surface area contributed by atoms with E-state index in [0.29, 0.717) is 18.9 Å². The summed E-state index contributed by atoms with van der Waals surface area (Å²) >= 11 is 0. The van der Waals surface area contributed by atoms with Crippen LogP contribution in [0.3, 0.4) is 0 Å². The van der Waals surface area contributed by atoms with Crippen LogP contribution in [0.2, 0.25) is 0 Å². The maximum absolute atomic E-state index is 11.8. The molecule has 0 aliphatic carbocycles. The molecular formula is C15H22N2O. The fourth-order valence-electron chi connectivity index (χ4n) is 2.46. The molecule has 1 unspecified atom stereocenters. The molecule has 18 heavy (non-hydrogen) atoms. The molecule has 2 N–H and O–H groups in total. The van der Waals surface area contributed by atoms with Crippen LogP contribution >= 0.6 is 0 Å². The van der Waals surface area contributed by atoms with Crippen LogP contribution in [-0.4, -0.2) is 19.0 Å². The third-order valence-corrected chi connectivity index (χ3v) is 3.61. The Hall–Kier alpha value is -1.35. The second-order valence-electron chi connectivity index (χ2n) is 5.27. The number of aryl methyl sites for hydroxylation is 2. The summed E-state index contributed by atoms with van der Waals surface area (Å²) in [6.45, 7) is 6.86. The van der Waals surface area contributed by atoms with Crippen molar-refractivity contribution in [3.05, 3.63) is 34.9 Å². The Morgan fingerprint density at radius 3 is 2.94 bits per heavy atom. The normalized spacial score (nSPS) is 18.9. The lowest BCUT2D eigenvalue weighted by Gasteiger charge is -2.11. The average molecular weight is 246 g/mol. The summed E-state index contributed by atoms with van der Waals surface area (Å²) < 4.78 is 0. The largest absolute Gasteiger partial charge is 0.352 e. The minimum atomic E-state index is 0.170. The molecule has 1 fully saturated rings. The molecule has 1 aromatic carbocycles. The van der Waals surface area contributed by atoms with Gasteiger partial charge in [0.05, 0.1) is 0 Å². The molecular weight excluding hydrogens is 224 g/mol. The highest BCUT2D eigenvalue weighted by Crippen LogP contribution is 2.13. The maximum atomic E-state index is 11.8. The molecule has 3 nitrogen and oxygen atoms in total. The van der Waals surface area contributed by atoms with Gasteiger partial charge in [-0.25, -0.2) is 0 Å². The third-order valence-electron chi connectivity index (χ3n) is 3.61.